The van der Waals surface area contributed by atoms with Gasteiger partial charge in [0.05, 0.1) is 33.7 Å². The van der Waals surface area contributed by atoms with E-state index in [9.17, 15) is 18.0 Å². The molecule has 2 aliphatic heterocycles. The van der Waals surface area contributed by atoms with Gasteiger partial charge in [-0.05, 0) is 42.1 Å². The summed E-state index contributed by atoms with van der Waals surface area (Å²) in [4.78, 5) is 29.0. The molecule has 0 saturated heterocycles. The summed E-state index contributed by atoms with van der Waals surface area (Å²) in [6, 6.07) is 9.94. The molecule has 0 radical (unpaired) electrons. The zero-order valence-electron chi connectivity index (χ0n) is 16.1. The smallest absolute Gasteiger partial charge is 0.257 e. The minimum atomic E-state index is -3.45. The van der Waals surface area contributed by atoms with Crippen LogP contribution in [0.4, 0.5) is 11.4 Å². The summed E-state index contributed by atoms with van der Waals surface area (Å²) in [5.74, 6) is -0.855. The van der Waals surface area contributed by atoms with Gasteiger partial charge in [-0.2, -0.15) is 0 Å². The van der Waals surface area contributed by atoms with Crippen LogP contribution in [-0.4, -0.2) is 56.2 Å². The number of fused-ring (bicyclic) bond motifs is 3. The van der Waals surface area contributed by atoms with E-state index >= 15 is 0 Å². The molecule has 2 aromatic carbocycles. The van der Waals surface area contributed by atoms with Crippen LogP contribution in [0.15, 0.2) is 45.7 Å². The Hall–Kier alpha value is -2.27. The number of halogens is 2. The van der Waals surface area contributed by atoms with Gasteiger partial charge in [0, 0.05) is 24.1 Å². The first-order valence-corrected chi connectivity index (χ1v) is 12.2. The molecule has 2 amide bonds. The van der Waals surface area contributed by atoms with Crippen LogP contribution in [0.5, 0.6) is 0 Å². The second kappa shape index (κ2) is 8.34. The molecule has 31 heavy (non-hydrogen) atoms. The molecular weight excluding hydrogens is 483 g/mol. The van der Waals surface area contributed by atoms with Crippen molar-refractivity contribution >= 4 is 73.3 Å². The van der Waals surface area contributed by atoms with E-state index in [0.717, 1.165) is 10.6 Å². The number of nitrogens with zero attached hydrogens (tertiary/aromatic N) is 3. The first-order chi connectivity index (χ1) is 14.6. The highest BCUT2D eigenvalue weighted by Crippen LogP contribution is 2.42. The van der Waals surface area contributed by atoms with Crippen molar-refractivity contribution in [1.29, 1.82) is 0 Å². The number of hydrogen-bond acceptors (Lipinski definition) is 6. The molecule has 2 aromatic rings. The Balaban J connectivity index is 1.46. The number of carbonyl (C=O) groups excluding carboxylic acids is 2. The minimum absolute atomic E-state index is 0.0511. The number of rotatable bonds is 4. The van der Waals surface area contributed by atoms with Crippen molar-refractivity contribution in [2.24, 2.45) is 4.40 Å². The summed E-state index contributed by atoms with van der Waals surface area (Å²) in [6.07, 6.45) is 0. The van der Waals surface area contributed by atoms with Crippen LogP contribution < -0.4 is 10.2 Å². The van der Waals surface area contributed by atoms with Gasteiger partial charge in [-0.1, -0.05) is 29.3 Å². The van der Waals surface area contributed by atoms with Crippen LogP contribution in [0.3, 0.4) is 0 Å². The number of likely N-dealkylation sites (N-methyl/N-ethyl adjacent to an activating group) is 1. The lowest BCUT2D eigenvalue weighted by atomic mass is 10.1. The van der Waals surface area contributed by atoms with Crippen molar-refractivity contribution in [3.8, 4) is 0 Å². The van der Waals surface area contributed by atoms with Crippen LogP contribution in [-0.2, 0) is 14.8 Å². The van der Waals surface area contributed by atoms with Gasteiger partial charge in [-0.25, -0.2) is 8.42 Å². The molecule has 12 heteroatoms. The van der Waals surface area contributed by atoms with Crippen LogP contribution in [0.2, 0.25) is 10.0 Å². The molecule has 0 aliphatic carbocycles. The Morgan fingerprint density at radius 3 is 2.65 bits per heavy atom. The minimum Gasteiger partial charge on any atom is -0.332 e. The second-order valence-electron chi connectivity index (χ2n) is 6.90. The first kappa shape index (κ1) is 21.9. The van der Waals surface area contributed by atoms with Crippen LogP contribution in [0.25, 0.3) is 0 Å². The lowest BCUT2D eigenvalue weighted by Crippen LogP contribution is -2.35. The number of carbonyl (C=O) groups is 2. The molecule has 8 nitrogen and oxygen atoms in total. The molecule has 0 bridgehead atoms. The fraction of sp³-hybridized carbons (Fsp3) is 0.211. The van der Waals surface area contributed by atoms with Crippen molar-refractivity contribution in [3.63, 3.8) is 0 Å². The lowest BCUT2D eigenvalue weighted by Gasteiger charge is -2.22. The normalized spacial score (nSPS) is 16.2. The van der Waals surface area contributed by atoms with Gasteiger partial charge in [0.25, 0.3) is 15.9 Å². The Bertz CT molecular complexity index is 1210. The number of nitrogens with one attached hydrogen (secondary N) is 1. The molecule has 0 atom stereocenters. The standard InChI is InChI=1S/C19H16Cl2N4O4S2/c1-24(10-16(26)22-17-12(20)3-2-4-13(17)21)18(27)11-5-6-14-15(9-11)30-19-23-31(28,29)8-7-25(14)19/h2-6,9H,7-8,10H2,1H3,(H,22,26). The van der Waals surface area contributed by atoms with Gasteiger partial charge < -0.3 is 15.1 Å². The summed E-state index contributed by atoms with van der Waals surface area (Å²) < 4.78 is 27.3. The number of benzene rings is 2. The summed E-state index contributed by atoms with van der Waals surface area (Å²) in [5.41, 5.74) is 1.47. The van der Waals surface area contributed by atoms with Crippen molar-refractivity contribution in [1.82, 2.24) is 4.90 Å². The molecule has 1 N–H and O–H groups in total. The molecule has 0 spiro atoms. The van der Waals surface area contributed by atoms with E-state index in [0.29, 0.717) is 27.3 Å². The highest BCUT2D eigenvalue weighted by Gasteiger charge is 2.33. The molecule has 2 aliphatic rings. The van der Waals surface area contributed by atoms with Gasteiger partial charge in [-0.15, -0.1) is 4.40 Å². The predicted molar refractivity (Wildman–Crippen MR) is 123 cm³/mol. The van der Waals surface area contributed by atoms with E-state index in [1.54, 1.807) is 36.4 Å². The van der Waals surface area contributed by atoms with Gasteiger partial charge in [0.1, 0.15) is 0 Å². The molecule has 0 aromatic heterocycles. The van der Waals surface area contributed by atoms with Gasteiger partial charge in [0.2, 0.25) is 5.91 Å². The topological polar surface area (TPSA) is 99.1 Å². The molecule has 4 rings (SSSR count). The maximum absolute atomic E-state index is 12.8. The first-order valence-electron chi connectivity index (χ1n) is 9.06. The lowest BCUT2D eigenvalue weighted by molar-refractivity contribution is -0.116. The maximum Gasteiger partial charge on any atom is 0.257 e. The molecule has 2 heterocycles. The Kier molecular flexibility index (Phi) is 5.91. The van der Waals surface area contributed by atoms with E-state index in [-0.39, 0.29) is 23.9 Å². The average Bonchev–Trinajstić information content (AvgIpc) is 3.05. The van der Waals surface area contributed by atoms with Gasteiger partial charge >= 0.3 is 0 Å². The largest absolute Gasteiger partial charge is 0.332 e. The summed E-state index contributed by atoms with van der Waals surface area (Å²) in [7, 11) is -1.94. The molecule has 0 fully saturated rings. The van der Waals surface area contributed by atoms with Gasteiger partial charge in [0.15, 0.2) is 5.17 Å². The fourth-order valence-electron chi connectivity index (χ4n) is 3.17. The van der Waals surface area contributed by atoms with Crippen LogP contribution >= 0.6 is 35.0 Å². The third kappa shape index (κ3) is 4.52. The predicted octanol–water partition coefficient (Wildman–Crippen LogP) is 3.32. The van der Waals surface area contributed by atoms with Crippen molar-refractivity contribution in [3.05, 3.63) is 52.0 Å². The SMILES string of the molecule is CN(CC(=O)Nc1c(Cl)cccc1Cl)C(=O)c1ccc2c(c1)SC1=NS(=O)(=O)CCN12. The summed E-state index contributed by atoms with van der Waals surface area (Å²) in [6.45, 7) is 0.112. The van der Waals surface area contributed by atoms with Crippen molar-refractivity contribution in [2.75, 3.05) is 36.1 Å². The number of amides is 2. The maximum atomic E-state index is 12.8. The number of thioether (sulfide) groups is 1. The number of para-hydroxylation sites is 1. The second-order valence-corrected chi connectivity index (χ2v) is 10.5. The van der Waals surface area contributed by atoms with E-state index in [1.807, 2.05) is 4.90 Å². The van der Waals surface area contributed by atoms with E-state index in [4.69, 9.17) is 23.2 Å². The summed E-state index contributed by atoms with van der Waals surface area (Å²) in [5, 5.41) is 3.60. The molecule has 162 valence electrons. The molecule has 0 unspecified atom stereocenters. The molecule has 0 saturated carbocycles. The Labute approximate surface area is 193 Å². The average molecular weight is 499 g/mol. The third-order valence-electron chi connectivity index (χ3n) is 4.67. The zero-order valence-corrected chi connectivity index (χ0v) is 19.3. The van der Waals surface area contributed by atoms with Crippen LogP contribution in [0, 0.1) is 0 Å². The highest BCUT2D eigenvalue weighted by atomic mass is 35.5. The van der Waals surface area contributed by atoms with Crippen molar-refractivity contribution < 1.29 is 18.0 Å². The zero-order chi connectivity index (χ0) is 22.3. The van der Waals surface area contributed by atoms with E-state index < -0.39 is 15.9 Å². The van der Waals surface area contributed by atoms with Crippen LogP contribution in [0.1, 0.15) is 10.4 Å². The Morgan fingerprint density at radius 2 is 1.94 bits per heavy atom. The number of sulfonamides is 1. The quantitative estimate of drug-likeness (QED) is 0.693. The van der Waals surface area contributed by atoms with E-state index in [2.05, 4.69) is 9.71 Å². The monoisotopic (exact) mass is 498 g/mol. The number of hydrogen-bond donors (Lipinski definition) is 1. The molecular formula is C19H16Cl2N4O4S2. The van der Waals surface area contributed by atoms with Gasteiger partial charge in [-0.3, -0.25) is 9.59 Å². The summed E-state index contributed by atoms with van der Waals surface area (Å²) >= 11 is 13.3. The third-order valence-corrected chi connectivity index (χ3v) is 7.61. The van der Waals surface area contributed by atoms with Crippen molar-refractivity contribution in [2.45, 2.75) is 4.90 Å². The highest BCUT2D eigenvalue weighted by molar-refractivity contribution is 8.15. The Morgan fingerprint density at radius 1 is 1.23 bits per heavy atom. The number of amidine groups is 1. The van der Waals surface area contributed by atoms with E-state index in [1.165, 1.54) is 23.7 Å². The number of anilines is 2. The fourth-order valence-corrected chi connectivity index (χ4v) is 5.96.